The van der Waals surface area contributed by atoms with Gasteiger partial charge >= 0.3 is 7.82 Å². The number of nitrogens with one attached hydrogen (secondary N) is 1. The van der Waals surface area contributed by atoms with Gasteiger partial charge in [-0.1, -0.05) is 199 Å². The smallest absolute Gasteiger partial charge is 0.393 e. The van der Waals surface area contributed by atoms with Crippen LogP contribution in [-0.2, 0) is 18.4 Å². The zero-order chi connectivity index (χ0) is 40.5. The summed E-state index contributed by atoms with van der Waals surface area (Å²) in [5, 5.41) is 24.2. The van der Waals surface area contributed by atoms with E-state index in [1.165, 1.54) is 148 Å². The summed E-state index contributed by atoms with van der Waals surface area (Å²) in [5.41, 5.74) is 5.38. The van der Waals surface area contributed by atoms with Gasteiger partial charge in [-0.2, -0.15) is 0 Å². The summed E-state index contributed by atoms with van der Waals surface area (Å²) < 4.78 is 22.2. The maximum atomic E-state index is 12.8. The van der Waals surface area contributed by atoms with Crippen LogP contribution in [0.4, 0.5) is 0 Å². The molecule has 4 atom stereocenters. The van der Waals surface area contributed by atoms with Crippen LogP contribution < -0.4 is 11.1 Å². The number of aliphatic hydroxyl groups excluding tert-OH is 2. The van der Waals surface area contributed by atoms with Gasteiger partial charge in [0.15, 0.2) is 0 Å². The molecule has 328 valence electrons. The summed E-state index contributed by atoms with van der Waals surface area (Å²) in [6, 6.07) is -0.898. The lowest BCUT2D eigenvalue weighted by Crippen LogP contribution is -2.47. The minimum atomic E-state index is -4.38. The lowest BCUT2D eigenvalue weighted by Gasteiger charge is -2.25. The first-order valence-electron chi connectivity index (χ1n) is 23.4. The van der Waals surface area contributed by atoms with Crippen molar-refractivity contribution in [3.05, 3.63) is 12.2 Å². The van der Waals surface area contributed by atoms with E-state index in [1.54, 1.807) is 0 Å². The van der Waals surface area contributed by atoms with Crippen molar-refractivity contribution in [2.24, 2.45) is 5.73 Å². The van der Waals surface area contributed by atoms with E-state index in [9.17, 15) is 24.5 Å². The average molecular weight is 803 g/mol. The molecule has 0 bridgehead atoms. The molecule has 0 heterocycles. The maximum absolute atomic E-state index is 12.8. The summed E-state index contributed by atoms with van der Waals surface area (Å²) in [7, 11) is -4.38. The molecule has 0 spiro atoms. The molecular weight excluding hydrogens is 711 g/mol. The summed E-state index contributed by atoms with van der Waals surface area (Å²) >= 11 is 0. The molecule has 0 saturated heterocycles. The second kappa shape index (κ2) is 41.4. The van der Waals surface area contributed by atoms with Crippen molar-refractivity contribution in [1.29, 1.82) is 0 Å². The van der Waals surface area contributed by atoms with Crippen molar-refractivity contribution in [1.82, 2.24) is 5.32 Å². The fourth-order valence-electron chi connectivity index (χ4n) is 7.12. The molecule has 55 heavy (non-hydrogen) atoms. The number of hydrogen-bond acceptors (Lipinski definition) is 7. The Morgan fingerprint density at radius 3 is 1.42 bits per heavy atom. The van der Waals surface area contributed by atoms with Crippen molar-refractivity contribution in [2.45, 2.75) is 250 Å². The Labute approximate surface area is 339 Å². The van der Waals surface area contributed by atoms with E-state index in [0.717, 1.165) is 51.4 Å². The van der Waals surface area contributed by atoms with E-state index in [4.69, 9.17) is 14.8 Å². The third kappa shape index (κ3) is 39.8. The largest absolute Gasteiger partial charge is 0.472 e. The van der Waals surface area contributed by atoms with Crippen LogP contribution in [0.25, 0.3) is 0 Å². The zero-order valence-corrected chi connectivity index (χ0v) is 36.9. The van der Waals surface area contributed by atoms with Gasteiger partial charge < -0.3 is 26.2 Å². The highest BCUT2D eigenvalue weighted by molar-refractivity contribution is 7.47. The molecule has 0 aliphatic rings. The van der Waals surface area contributed by atoms with Crippen LogP contribution in [0.1, 0.15) is 232 Å². The van der Waals surface area contributed by atoms with Crippen LogP contribution in [-0.4, -0.2) is 59.0 Å². The van der Waals surface area contributed by atoms with Gasteiger partial charge in [0, 0.05) is 6.54 Å². The van der Waals surface area contributed by atoms with Crippen molar-refractivity contribution >= 4 is 13.7 Å². The fourth-order valence-corrected chi connectivity index (χ4v) is 7.88. The number of amides is 1. The van der Waals surface area contributed by atoms with Crippen LogP contribution in [0.2, 0.25) is 0 Å². The molecule has 4 unspecified atom stereocenters. The van der Waals surface area contributed by atoms with E-state index < -0.39 is 32.0 Å². The molecule has 0 aliphatic carbocycles. The molecule has 6 N–H and O–H groups in total. The SMILES string of the molecule is CCCCCCCCCCC/C=C\CCCCCC(O)CC(=O)NC(COP(=O)(O)OCCN)C(O)CCCCCCCCCCCCCCCCCCC. The highest BCUT2D eigenvalue weighted by Crippen LogP contribution is 2.43. The quantitative estimate of drug-likeness (QED) is 0.0232. The fraction of sp³-hybridized carbons (Fsp3) is 0.933. The van der Waals surface area contributed by atoms with Crippen molar-refractivity contribution in [2.75, 3.05) is 19.8 Å². The van der Waals surface area contributed by atoms with Gasteiger partial charge in [0.1, 0.15) is 0 Å². The molecule has 0 aromatic rings. The van der Waals surface area contributed by atoms with Crippen LogP contribution >= 0.6 is 7.82 Å². The summed E-state index contributed by atoms with van der Waals surface area (Å²) in [6.07, 6.45) is 42.5. The molecule has 10 heteroatoms. The number of unbranched alkanes of at least 4 members (excludes halogenated alkanes) is 28. The summed E-state index contributed by atoms with van der Waals surface area (Å²) in [6.45, 7) is 4.06. The van der Waals surface area contributed by atoms with Gasteiger partial charge in [-0.05, 0) is 38.5 Å². The molecule has 9 nitrogen and oxygen atoms in total. The Morgan fingerprint density at radius 2 is 0.982 bits per heavy atom. The molecule has 0 aromatic carbocycles. The normalized spacial score (nSPS) is 14.7. The summed E-state index contributed by atoms with van der Waals surface area (Å²) in [4.78, 5) is 22.8. The highest BCUT2D eigenvalue weighted by atomic mass is 31.2. The van der Waals surface area contributed by atoms with Crippen molar-refractivity contribution in [3.63, 3.8) is 0 Å². The zero-order valence-electron chi connectivity index (χ0n) is 36.0. The molecule has 0 aromatic heterocycles. The Morgan fingerprint density at radius 1 is 0.600 bits per heavy atom. The number of nitrogens with two attached hydrogens (primary N) is 1. The number of rotatable bonds is 44. The number of phosphoric acid groups is 1. The molecule has 0 rings (SSSR count). The van der Waals surface area contributed by atoms with Gasteiger partial charge in [0.2, 0.25) is 5.91 Å². The summed E-state index contributed by atoms with van der Waals surface area (Å²) in [5.74, 6) is -0.419. The number of carbonyl (C=O) groups is 1. The second-order valence-electron chi connectivity index (χ2n) is 16.2. The number of aliphatic hydroxyl groups is 2. The topological polar surface area (TPSA) is 151 Å². The third-order valence-electron chi connectivity index (χ3n) is 10.7. The number of hydrogen-bond donors (Lipinski definition) is 5. The lowest BCUT2D eigenvalue weighted by molar-refractivity contribution is -0.125. The van der Waals surface area contributed by atoms with E-state index in [2.05, 4.69) is 31.3 Å². The molecule has 0 aliphatic heterocycles. The van der Waals surface area contributed by atoms with E-state index in [1.807, 2.05) is 0 Å². The predicted octanol–water partition coefficient (Wildman–Crippen LogP) is 12.1. The van der Waals surface area contributed by atoms with E-state index in [0.29, 0.717) is 12.8 Å². The van der Waals surface area contributed by atoms with E-state index in [-0.39, 0.29) is 26.2 Å². The first kappa shape index (κ1) is 54.2. The van der Waals surface area contributed by atoms with Gasteiger partial charge in [-0.15, -0.1) is 0 Å². The molecule has 0 radical (unpaired) electrons. The van der Waals surface area contributed by atoms with Gasteiger partial charge in [0.05, 0.1) is 37.9 Å². The van der Waals surface area contributed by atoms with Crippen LogP contribution in [0.15, 0.2) is 12.2 Å². The number of carbonyl (C=O) groups excluding carboxylic acids is 1. The molecular formula is C45H91N2O7P. The minimum absolute atomic E-state index is 0.0595. The molecule has 0 saturated carbocycles. The minimum Gasteiger partial charge on any atom is -0.393 e. The monoisotopic (exact) mass is 803 g/mol. The average Bonchev–Trinajstić information content (AvgIpc) is 3.16. The predicted molar refractivity (Wildman–Crippen MR) is 232 cm³/mol. The van der Waals surface area contributed by atoms with Crippen LogP contribution in [0.3, 0.4) is 0 Å². The maximum Gasteiger partial charge on any atom is 0.472 e. The van der Waals surface area contributed by atoms with Crippen molar-refractivity contribution < 1.29 is 33.5 Å². The molecule has 0 fully saturated rings. The third-order valence-corrected chi connectivity index (χ3v) is 11.7. The first-order chi connectivity index (χ1) is 26.8. The van der Waals surface area contributed by atoms with Crippen molar-refractivity contribution in [3.8, 4) is 0 Å². The Kier molecular flexibility index (Phi) is 40.8. The highest BCUT2D eigenvalue weighted by Gasteiger charge is 2.28. The Bertz CT molecular complexity index is 893. The Balaban J connectivity index is 4.23. The van der Waals surface area contributed by atoms with Crippen LogP contribution in [0, 0.1) is 0 Å². The van der Waals surface area contributed by atoms with Gasteiger partial charge in [-0.25, -0.2) is 4.57 Å². The van der Waals surface area contributed by atoms with Gasteiger partial charge in [-0.3, -0.25) is 13.8 Å². The van der Waals surface area contributed by atoms with Crippen LogP contribution in [0.5, 0.6) is 0 Å². The standard InChI is InChI=1S/C45H91N2O7P/c1-3-5-7-9-11-13-15-17-19-21-23-25-27-29-31-33-35-37-44(49)43(41-54-55(51,52)53-39-38-46)47-45(50)40-42(48)36-34-32-30-28-26-24-22-20-18-16-14-12-10-8-6-4-2/h24,26,42-44,48-49H,3-23,25,27-41,46H2,1-2H3,(H,47,50)(H,51,52)/b26-24-. The van der Waals surface area contributed by atoms with Gasteiger partial charge in [0.25, 0.3) is 0 Å². The number of phosphoric ester groups is 1. The Hall–Kier alpha value is -0.800. The number of allylic oxidation sites excluding steroid dienone is 2. The first-order valence-corrected chi connectivity index (χ1v) is 24.9. The molecule has 1 amide bonds. The second-order valence-corrected chi connectivity index (χ2v) is 17.6. The lowest BCUT2D eigenvalue weighted by atomic mass is 10.0. The van der Waals surface area contributed by atoms with E-state index >= 15 is 0 Å².